The minimum atomic E-state index is -0.0254. The van der Waals surface area contributed by atoms with E-state index in [2.05, 4.69) is 15.7 Å². The third-order valence-electron chi connectivity index (χ3n) is 4.46. The summed E-state index contributed by atoms with van der Waals surface area (Å²) in [6.45, 7) is 2.68. The molecule has 26 heavy (non-hydrogen) atoms. The van der Waals surface area contributed by atoms with Gasteiger partial charge in [-0.2, -0.15) is 5.10 Å². The number of amides is 1. The number of aromatic nitrogens is 3. The van der Waals surface area contributed by atoms with Crippen LogP contribution in [-0.4, -0.2) is 33.3 Å². The number of rotatable bonds is 1. The van der Waals surface area contributed by atoms with E-state index >= 15 is 0 Å². The molecule has 4 heterocycles. The largest absolute Gasteiger partial charge is 0.381 e. The Labute approximate surface area is 157 Å². The average molecular weight is 384 g/mol. The van der Waals surface area contributed by atoms with Crippen molar-refractivity contribution < 1.29 is 4.79 Å². The molecule has 130 valence electrons. The van der Waals surface area contributed by atoms with E-state index in [9.17, 15) is 4.79 Å². The fourth-order valence-corrected chi connectivity index (χ4v) is 4.50. The Morgan fingerprint density at radius 2 is 2.19 bits per heavy atom. The van der Waals surface area contributed by atoms with Gasteiger partial charge in [-0.1, -0.05) is 11.6 Å². The highest BCUT2D eigenvalue weighted by Crippen LogP contribution is 2.40. The number of halogens is 1. The number of carbonyl (C=O) groups excluding carboxylic acids is 1. The van der Waals surface area contributed by atoms with Gasteiger partial charge in [0.05, 0.1) is 28.6 Å². The third kappa shape index (κ3) is 2.35. The highest BCUT2D eigenvalue weighted by Gasteiger charge is 2.24. The van der Waals surface area contributed by atoms with E-state index in [1.165, 1.54) is 11.3 Å². The molecule has 0 saturated carbocycles. The van der Waals surface area contributed by atoms with Gasteiger partial charge in [0.15, 0.2) is 5.82 Å². The second-order valence-electron chi connectivity index (χ2n) is 6.34. The molecule has 0 aliphatic carbocycles. The fourth-order valence-electron chi connectivity index (χ4n) is 3.27. The number of hydrogen-bond donors (Lipinski definition) is 2. The van der Waals surface area contributed by atoms with Crippen molar-refractivity contribution in [1.82, 2.24) is 20.1 Å². The summed E-state index contributed by atoms with van der Waals surface area (Å²) < 4.78 is 2.71. The van der Waals surface area contributed by atoms with E-state index in [1.807, 2.05) is 31.2 Å². The van der Waals surface area contributed by atoms with Crippen molar-refractivity contribution in [3.8, 4) is 5.82 Å². The highest BCUT2D eigenvalue weighted by molar-refractivity contribution is 7.21. The predicted molar refractivity (Wildman–Crippen MR) is 105 cm³/mol. The Bertz CT molecular complexity index is 1180. The van der Waals surface area contributed by atoms with E-state index in [0.29, 0.717) is 17.4 Å². The SMILES string of the molecule is C[C@@H]1CNc2c(sc3ccc4nc(-n5cc(Cl)cn5)ccc4c23)C(=O)N1. The molecule has 0 bridgehead atoms. The van der Waals surface area contributed by atoms with Crippen LogP contribution in [0.25, 0.3) is 26.8 Å². The van der Waals surface area contributed by atoms with Gasteiger partial charge in [-0.15, -0.1) is 11.3 Å². The van der Waals surface area contributed by atoms with Gasteiger partial charge in [-0.25, -0.2) is 9.67 Å². The summed E-state index contributed by atoms with van der Waals surface area (Å²) >= 11 is 7.46. The lowest BCUT2D eigenvalue weighted by Gasteiger charge is -2.10. The molecule has 3 aromatic heterocycles. The summed E-state index contributed by atoms with van der Waals surface area (Å²) in [7, 11) is 0. The number of benzene rings is 1. The maximum absolute atomic E-state index is 12.5. The maximum Gasteiger partial charge on any atom is 0.263 e. The molecule has 5 rings (SSSR count). The Kier molecular flexibility index (Phi) is 3.41. The molecule has 0 fully saturated rings. The van der Waals surface area contributed by atoms with Gasteiger partial charge in [0.25, 0.3) is 5.91 Å². The first-order valence-corrected chi connectivity index (χ1v) is 9.41. The van der Waals surface area contributed by atoms with Crippen LogP contribution < -0.4 is 10.6 Å². The molecule has 4 aromatic rings. The van der Waals surface area contributed by atoms with Gasteiger partial charge in [0.1, 0.15) is 4.88 Å². The molecule has 1 atom stereocenters. The fraction of sp³-hybridized carbons (Fsp3) is 0.167. The molecule has 0 radical (unpaired) electrons. The molecule has 8 heteroatoms. The number of anilines is 1. The molecular formula is C18H14ClN5OS. The van der Waals surface area contributed by atoms with Crippen molar-refractivity contribution in [2.24, 2.45) is 0 Å². The van der Waals surface area contributed by atoms with Crippen molar-refractivity contribution in [1.29, 1.82) is 0 Å². The molecule has 2 N–H and O–H groups in total. The zero-order valence-electron chi connectivity index (χ0n) is 13.8. The number of pyridine rings is 1. The van der Waals surface area contributed by atoms with E-state index in [1.54, 1.807) is 17.1 Å². The molecule has 1 aromatic carbocycles. The van der Waals surface area contributed by atoms with E-state index in [4.69, 9.17) is 16.6 Å². The highest BCUT2D eigenvalue weighted by atomic mass is 35.5. The number of carbonyl (C=O) groups is 1. The standard InChI is InChI=1S/C18H14ClN5OS/c1-9-6-20-16-15-11-2-5-14(24-8-10(19)7-21-24)23-12(11)3-4-13(15)26-17(16)18(25)22-9/h2-5,7-9,20H,6H2,1H3,(H,22,25)/t9-/m1/s1. The molecule has 0 saturated heterocycles. The molecule has 1 aliphatic rings. The summed E-state index contributed by atoms with van der Waals surface area (Å²) in [5, 5.41) is 13.3. The Morgan fingerprint density at radius 1 is 1.31 bits per heavy atom. The molecule has 0 spiro atoms. The Hall–Kier alpha value is -2.64. The maximum atomic E-state index is 12.5. The third-order valence-corrected chi connectivity index (χ3v) is 5.81. The number of thiophene rings is 1. The first kappa shape index (κ1) is 15.6. The normalized spacial score (nSPS) is 17.0. The summed E-state index contributed by atoms with van der Waals surface area (Å²) in [6, 6.07) is 8.01. The van der Waals surface area contributed by atoms with E-state index in [0.717, 1.165) is 31.6 Å². The number of nitrogens with zero attached hydrogens (tertiary/aromatic N) is 3. The van der Waals surface area contributed by atoms with Crippen molar-refractivity contribution in [3.63, 3.8) is 0 Å². The van der Waals surface area contributed by atoms with Gasteiger partial charge in [0, 0.05) is 28.1 Å². The summed E-state index contributed by atoms with van der Waals surface area (Å²) in [4.78, 5) is 17.9. The van der Waals surface area contributed by atoms with Gasteiger partial charge >= 0.3 is 0 Å². The van der Waals surface area contributed by atoms with Crippen LogP contribution in [0.1, 0.15) is 16.6 Å². The number of nitrogens with one attached hydrogen (secondary N) is 2. The number of fused-ring (bicyclic) bond motifs is 5. The average Bonchev–Trinajstić information content (AvgIpc) is 3.19. The summed E-state index contributed by atoms with van der Waals surface area (Å²) in [5.74, 6) is 0.673. The van der Waals surface area contributed by atoms with Crippen LogP contribution in [0.5, 0.6) is 0 Å². The zero-order valence-corrected chi connectivity index (χ0v) is 15.4. The molecule has 6 nitrogen and oxygen atoms in total. The Balaban J connectivity index is 1.74. The lowest BCUT2D eigenvalue weighted by atomic mass is 10.1. The molecule has 1 amide bonds. The monoisotopic (exact) mass is 383 g/mol. The summed E-state index contributed by atoms with van der Waals surface area (Å²) in [6.07, 6.45) is 3.30. The second kappa shape index (κ2) is 5.69. The van der Waals surface area contributed by atoms with Crippen LogP contribution >= 0.6 is 22.9 Å². The topological polar surface area (TPSA) is 71.8 Å². The first-order valence-electron chi connectivity index (χ1n) is 8.22. The smallest absolute Gasteiger partial charge is 0.263 e. The minimum Gasteiger partial charge on any atom is -0.381 e. The lowest BCUT2D eigenvalue weighted by molar-refractivity contribution is 0.0949. The predicted octanol–water partition coefficient (Wildman–Crippen LogP) is 3.83. The van der Waals surface area contributed by atoms with Gasteiger partial charge in [0.2, 0.25) is 0 Å². The van der Waals surface area contributed by atoms with Crippen LogP contribution in [-0.2, 0) is 0 Å². The van der Waals surface area contributed by atoms with Crippen LogP contribution in [0.3, 0.4) is 0 Å². The van der Waals surface area contributed by atoms with E-state index < -0.39 is 0 Å². The molecular weight excluding hydrogens is 370 g/mol. The Morgan fingerprint density at radius 3 is 3.00 bits per heavy atom. The minimum absolute atomic E-state index is 0.0254. The van der Waals surface area contributed by atoms with Gasteiger partial charge < -0.3 is 10.6 Å². The molecule has 1 aliphatic heterocycles. The van der Waals surface area contributed by atoms with Crippen LogP contribution in [0, 0.1) is 0 Å². The van der Waals surface area contributed by atoms with Crippen LogP contribution in [0.4, 0.5) is 5.69 Å². The van der Waals surface area contributed by atoms with Crippen molar-refractivity contribution in [2.75, 3.05) is 11.9 Å². The van der Waals surface area contributed by atoms with Crippen molar-refractivity contribution in [2.45, 2.75) is 13.0 Å². The van der Waals surface area contributed by atoms with Crippen molar-refractivity contribution in [3.05, 3.63) is 46.6 Å². The van der Waals surface area contributed by atoms with Crippen molar-refractivity contribution >= 4 is 55.5 Å². The van der Waals surface area contributed by atoms with E-state index in [-0.39, 0.29) is 11.9 Å². The summed E-state index contributed by atoms with van der Waals surface area (Å²) in [5.41, 5.74) is 1.75. The first-order chi connectivity index (χ1) is 12.6. The van der Waals surface area contributed by atoms with Gasteiger partial charge in [-0.3, -0.25) is 4.79 Å². The lowest BCUT2D eigenvalue weighted by Crippen LogP contribution is -2.34. The van der Waals surface area contributed by atoms with Crippen LogP contribution in [0.15, 0.2) is 36.7 Å². The van der Waals surface area contributed by atoms with Crippen LogP contribution in [0.2, 0.25) is 5.02 Å². The molecule has 0 unspecified atom stereocenters. The zero-order chi connectivity index (χ0) is 17.8. The second-order valence-corrected chi connectivity index (χ2v) is 7.83. The quantitative estimate of drug-likeness (QED) is 0.524. The number of hydrogen-bond acceptors (Lipinski definition) is 5. The van der Waals surface area contributed by atoms with Gasteiger partial charge in [-0.05, 0) is 31.2 Å².